The molecule has 1 heteroatoms. The molecule has 0 saturated heterocycles. The van der Waals surface area contributed by atoms with E-state index in [0.717, 1.165) is 55.6 Å². The lowest BCUT2D eigenvalue weighted by Gasteiger charge is -2.18. The highest BCUT2D eigenvalue weighted by molar-refractivity contribution is 5.77. The Kier molecular flexibility index (Phi) is 6.68. The predicted molar refractivity (Wildman–Crippen MR) is 159 cm³/mol. The second kappa shape index (κ2) is 10.7. The molecule has 0 aliphatic rings. The van der Waals surface area contributed by atoms with Crippen LogP contribution in [0, 0.1) is 0 Å². The third kappa shape index (κ3) is 5.06. The second-order valence-corrected chi connectivity index (χ2v) is 9.55. The van der Waals surface area contributed by atoms with E-state index in [0.29, 0.717) is 0 Å². The summed E-state index contributed by atoms with van der Waals surface area (Å²) < 4.78 is 0. The van der Waals surface area contributed by atoms with Crippen molar-refractivity contribution >= 4 is 0 Å². The zero-order chi connectivity index (χ0) is 25.7. The summed E-state index contributed by atoms with van der Waals surface area (Å²) >= 11 is 0. The molecular weight excluding hydrogens is 460 g/mol. The summed E-state index contributed by atoms with van der Waals surface area (Å²) in [7, 11) is 0. The van der Waals surface area contributed by atoms with Crippen molar-refractivity contribution in [3.8, 4) is 44.5 Å². The Balaban J connectivity index is 1.51. The first-order chi connectivity index (χ1) is 18.7. The number of hydrogen-bond donors (Lipinski definition) is 1. The largest absolute Gasteiger partial charge is 0.384 e. The monoisotopic (exact) mass is 488 g/mol. The number of hydrogen-bond acceptors (Lipinski definition) is 1. The van der Waals surface area contributed by atoms with Crippen molar-refractivity contribution in [1.29, 1.82) is 0 Å². The summed E-state index contributed by atoms with van der Waals surface area (Å²) in [6, 6.07) is 54.3. The van der Waals surface area contributed by atoms with Crippen molar-refractivity contribution in [3.63, 3.8) is 0 Å². The first-order valence-electron chi connectivity index (χ1n) is 12.9. The lowest BCUT2D eigenvalue weighted by molar-refractivity contribution is 0.220. The summed E-state index contributed by atoms with van der Waals surface area (Å²) in [5.41, 5.74) is 10.6. The van der Waals surface area contributed by atoms with Crippen molar-refractivity contribution in [2.75, 3.05) is 0 Å². The molecule has 182 valence electrons. The normalized spacial score (nSPS) is 11.0. The van der Waals surface area contributed by atoms with Gasteiger partial charge in [-0.1, -0.05) is 121 Å². The van der Waals surface area contributed by atoms with Crippen LogP contribution in [0.4, 0.5) is 0 Å². The van der Waals surface area contributed by atoms with Crippen LogP contribution < -0.4 is 0 Å². The summed E-state index contributed by atoms with van der Waals surface area (Å²) in [4.78, 5) is 0. The molecule has 0 amide bonds. The summed E-state index contributed by atoms with van der Waals surface area (Å²) in [6.07, 6.45) is -0.785. The first kappa shape index (κ1) is 23.7. The minimum absolute atomic E-state index is 0.785. The van der Waals surface area contributed by atoms with Gasteiger partial charge in [0.05, 0.1) is 0 Å². The maximum atomic E-state index is 11.9. The minimum Gasteiger partial charge on any atom is -0.384 e. The maximum absolute atomic E-state index is 11.9. The summed E-state index contributed by atoms with van der Waals surface area (Å²) in [6.45, 7) is 0. The molecule has 1 nitrogen and oxygen atoms in total. The van der Waals surface area contributed by atoms with Crippen molar-refractivity contribution < 1.29 is 5.11 Å². The summed E-state index contributed by atoms with van der Waals surface area (Å²) in [5, 5.41) is 11.9. The fourth-order valence-corrected chi connectivity index (χ4v) is 5.00. The van der Waals surface area contributed by atoms with Gasteiger partial charge in [0.2, 0.25) is 0 Å². The van der Waals surface area contributed by atoms with E-state index in [2.05, 4.69) is 133 Å². The molecule has 0 unspecified atom stereocenters. The Bertz CT molecular complexity index is 1400. The van der Waals surface area contributed by atoms with E-state index in [1.165, 1.54) is 0 Å². The SMILES string of the molecule is OC(c1cc(-c2ccccc2)cc(-c2ccccc2)c1)c1cc(-c2ccccc2)cc(-c2ccccc2)c1. The third-order valence-electron chi connectivity index (χ3n) is 6.97. The maximum Gasteiger partial charge on any atom is 0.104 e. The molecule has 0 radical (unpaired) electrons. The van der Waals surface area contributed by atoms with Gasteiger partial charge in [0.1, 0.15) is 6.10 Å². The Morgan fingerprint density at radius 3 is 0.763 bits per heavy atom. The third-order valence-corrected chi connectivity index (χ3v) is 6.97. The number of rotatable bonds is 6. The molecule has 1 N–H and O–H groups in total. The lowest BCUT2D eigenvalue weighted by Crippen LogP contribution is -2.02. The highest BCUT2D eigenvalue weighted by Crippen LogP contribution is 2.36. The minimum atomic E-state index is -0.785. The molecule has 0 heterocycles. The highest BCUT2D eigenvalue weighted by Gasteiger charge is 2.17. The van der Waals surface area contributed by atoms with Crippen LogP contribution in [0.25, 0.3) is 44.5 Å². The van der Waals surface area contributed by atoms with Gasteiger partial charge >= 0.3 is 0 Å². The quantitative estimate of drug-likeness (QED) is 0.247. The first-order valence-corrected chi connectivity index (χ1v) is 12.9. The summed E-state index contributed by atoms with van der Waals surface area (Å²) in [5.74, 6) is 0. The van der Waals surface area contributed by atoms with Gasteiger partial charge in [0.15, 0.2) is 0 Å². The van der Waals surface area contributed by atoms with E-state index in [1.54, 1.807) is 0 Å². The Morgan fingerprint density at radius 1 is 0.289 bits per heavy atom. The van der Waals surface area contributed by atoms with Crippen LogP contribution in [-0.2, 0) is 0 Å². The predicted octanol–water partition coefficient (Wildman–Crippen LogP) is 9.44. The van der Waals surface area contributed by atoms with Crippen LogP contribution in [0.1, 0.15) is 17.2 Å². The second-order valence-electron chi connectivity index (χ2n) is 9.55. The average molecular weight is 489 g/mol. The van der Waals surface area contributed by atoms with Gasteiger partial charge in [-0.3, -0.25) is 0 Å². The molecule has 0 aliphatic heterocycles. The lowest BCUT2D eigenvalue weighted by atomic mass is 9.89. The molecule has 0 aromatic heterocycles. The molecule has 0 atom stereocenters. The number of benzene rings is 6. The Labute approximate surface area is 224 Å². The zero-order valence-corrected chi connectivity index (χ0v) is 21.0. The van der Waals surface area contributed by atoms with Gasteiger partial charge < -0.3 is 5.11 Å². The standard InChI is InChI=1S/C37H28O/c38-37(35-23-31(27-13-5-1-6-14-27)21-32(24-35)28-15-7-2-8-16-28)36-25-33(29-17-9-3-10-18-29)22-34(26-36)30-19-11-4-12-20-30/h1-26,37-38H. The van der Waals surface area contributed by atoms with Gasteiger partial charge in [-0.25, -0.2) is 0 Å². The van der Waals surface area contributed by atoms with Crippen molar-refractivity contribution in [3.05, 3.63) is 169 Å². The Morgan fingerprint density at radius 2 is 0.526 bits per heavy atom. The molecule has 6 rings (SSSR count). The van der Waals surface area contributed by atoms with Gasteiger partial charge in [-0.05, 0) is 92.0 Å². The van der Waals surface area contributed by atoms with Gasteiger partial charge in [0, 0.05) is 0 Å². The van der Waals surface area contributed by atoms with Crippen molar-refractivity contribution in [2.45, 2.75) is 6.10 Å². The van der Waals surface area contributed by atoms with E-state index in [1.807, 2.05) is 24.3 Å². The van der Waals surface area contributed by atoms with Gasteiger partial charge in [-0.15, -0.1) is 0 Å². The molecule has 6 aromatic rings. The van der Waals surface area contributed by atoms with Crippen LogP contribution in [0.15, 0.2) is 158 Å². The van der Waals surface area contributed by atoms with Gasteiger partial charge in [0.25, 0.3) is 0 Å². The molecule has 6 aromatic carbocycles. The van der Waals surface area contributed by atoms with E-state index < -0.39 is 6.10 Å². The molecule has 0 saturated carbocycles. The molecule has 0 fully saturated rings. The van der Waals surface area contributed by atoms with E-state index in [-0.39, 0.29) is 0 Å². The number of aliphatic hydroxyl groups is 1. The van der Waals surface area contributed by atoms with E-state index in [9.17, 15) is 5.11 Å². The molecule has 0 aliphatic carbocycles. The highest BCUT2D eigenvalue weighted by atomic mass is 16.3. The van der Waals surface area contributed by atoms with Crippen LogP contribution in [0.2, 0.25) is 0 Å². The van der Waals surface area contributed by atoms with Gasteiger partial charge in [-0.2, -0.15) is 0 Å². The van der Waals surface area contributed by atoms with E-state index >= 15 is 0 Å². The topological polar surface area (TPSA) is 20.2 Å². The van der Waals surface area contributed by atoms with Crippen LogP contribution in [-0.4, -0.2) is 5.11 Å². The average Bonchev–Trinajstić information content (AvgIpc) is 3.02. The molecule has 0 spiro atoms. The van der Waals surface area contributed by atoms with Crippen LogP contribution in [0.5, 0.6) is 0 Å². The smallest absolute Gasteiger partial charge is 0.104 e. The fourth-order valence-electron chi connectivity index (χ4n) is 5.00. The Hall–Kier alpha value is -4.72. The van der Waals surface area contributed by atoms with Crippen LogP contribution in [0.3, 0.4) is 0 Å². The fraction of sp³-hybridized carbons (Fsp3) is 0.0270. The van der Waals surface area contributed by atoms with Crippen LogP contribution >= 0.6 is 0 Å². The zero-order valence-electron chi connectivity index (χ0n) is 21.0. The van der Waals surface area contributed by atoms with Crippen molar-refractivity contribution in [2.24, 2.45) is 0 Å². The molecule has 38 heavy (non-hydrogen) atoms. The van der Waals surface area contributed by atoms with Crippen molar-refractivity contribution in [1.82, 2.24) is 0 Å². The van der Waals surface area contributed by atoms with E-state index in [4.69, 9.17) is 0 Å². The molecule has 0 bridgehead atoms. The number of aliphatic hydroxyl groups excluding tert-OH is 1. The molecular formula is C37H28O.